The van der Waals surface area contributed by atoms with Crippen LogP contribution >= 0.6 is 0 Å². The molecule has 1 fully saturated rings. The fourth-order valence-electron chi connectivity index (χ4n) is 2.36. The van der Waals surface area contributed by atoms with Gasteiger partial charge in [-0.05, 0) is 37.6 Å². The molecule has 0 amide bonds. The lowest BCUT2D eigenvalue weighted by molar-refractivity contribution is 0.0708. The lowest BCUT2D eigenvalue weighted by Gasteiger charge is -2.28. The Kier molecular flexibility index (Phi) is 4.69. The Labute approximate surface area is 108 Å². The molecule has 18 heavy (non-hydrogen) atoms. The van der Waals surface area contributed by atoms with Gasteiger partial charge in [-0.15, -0.1) is 0 Å². The molecule has 4 heteroatoms. The van der Waals surface area contributed by atoms with Crippen LogP contribution < -0.4 is 10.6 Å². The van der Waals surface area contributed by atoms with Crippen molar-refractivity contribution in [2.45, 2.75) is 25.4 Å². The van der Waals surface area contributed by atoms with Crippen molar-refractivity contribution in [3.63, 3.8) is 0 Å². The molecule has 100 valence electrons. The Morgan fingerprint density at radius 1 is 1.56 bits per heavy atom. The number of morpholine rings is 1. The Morgan fingerprint density at radius 3 is 3.00 bits per heavy atom. The van der Waals surface area contributed by atoms with E-state index >= 15 is 0 Å². The largest absolute Gasteiger partial charge is 0.379 e. The molecule has 0 aromatic heterocycles. The van der Waals surface area contributed by atoms with E-state index in [4.69, 9.17) is 4.74 Å². The summed E-state index contributed by atoms with van der Waals surface area (Å²) in [5.74, 6) is -0.146. The summed E-state index contributed by atoms with van der Waals surface area (Å²) in [6.45, 7) is 4.24. The molecule has 1 saturated heterocycles. The fraction of sp³-hybridized carbons (Fsp3) is 0.571. The molecule has 2 N–H and O–H groups in total. The number of aryl methyl sites for hydroxylation is 1. The summed E-state index contributed by atoms with van der Waals surface area (Å²) in [5.41, 5.74) is 1.82. The third-order valence-corrected chi connectivity index (χ3v) is 3.45. The Balaban J connectivity index is 2.04. The minimum Gasteiger partial charge on any atom is -0.379 e. The SMILES string of the molecule is CNC(CC1COCCN1)c1ccc(F)c(C)c1. The second-order valence-electron chi connectivity index (χ2n) is 4.81. The highest BCUT2D eigenvalue weighted by molar-refractivity contribution is 5.26. The summed E-state index contributed by atoms with van der Waals surface area (Å²) in [6, 6.07) is 5.90. The predicted molar refractivity (Wildman–Crippen MR) is 70.2 cm³/mol. The van der Waals surface area contributed by atoms with E-state index in [1.165, 1.54) is 0 Å². The van der Waals surface area contributed by atoms with Crippen molar-refractivity contribution in [3.8, 4) is 0 Å². The van der Waals surface area contributed by atoms with Crippen molar-refractivity contribution in [2.24, 2.45) is 0 Å². The molecular weight excluding hydrogens is 231 g/mol. The van der Waals surface area contributed by atoms with Crippen LogP contribution in [0.5, 0.6) is 0 Å². The maximum atomic E-state index is 13.3. The summed E-state index contributed by atoms with van der Waals surface area (Å²) in [5, 5.41) is 6.73. The molecule has 1 heterocycles. The number of ether oxygens (including phenoxy) is 1. The lowest BCUT2D eigenvalue weighted by atomic mass is 9.97. The zero-order valence-electron chi connectivity index (χ0n) is 11.0. The zero-order chi connectivity index (χ0) is 13.0. The summed E-state index contributed by atoms with van der Waals surface area (Å²) in [6.07, 6.45) is 0.946. The van der Waals surface area contributed by atoms with E-state index in [9.17, 15) is 4.39 Å². The van der Waals surface area contributed by atoms with E-state index in [0.29, 0.717) is 11.6 Å². The third kappa shape index (κ3) is 3.28. The van der Waals surface area contributed by atoms with Gasteiger partial charge >= 0.3 is 0 Å². The van der Waals surface area contributed by atoms with Crippen LogP contribution in [-0.2, 0) is 4.74 Å². The minimum atomic E-state index is -0.146. The molecule has 1 aromatic rings. The Morgan fingerprint density at radius 2 is 2.39 bits per heavy atom. The van der Waals surface area contributed by atoms with Crippen LogP contribution in [0.15, 0.2) is 18.2 Å². The van der Waals surface area contributed by atoms with Crippen LogP contribution in [0.1, 0.15) is 23.6 Å². The van der Waals surface area contributed by atoms with Gasteiger partial charge in [0.05, 0.1) is 13.2 Å². The fourth-order valence-corrected chi connectivity index (χ4v) is 2.36. The number of hydrogen-bond donors (Lipinski definition) is 2. The Hall–Kier alpha value is -0.970. The van der Waals surface area contributed by atoms with E-state index < -0.39 is 0 Å². The quantitative estimate of drug-likeness (QED) is 0.857. The monoisotopic (exact) mass is 252 g/mol. The van der Waals surface area contributed by atoms with Gasteiger partial charge in [0.1, 0.15) is 5.82 Å². The highest BCUT2D eigenvalue weighted by Crippen LogP contribution is 2.21. The highest BCUT2D eigenvalue weighted by Gasteiger charge is 2.19. The number of rotatable bonds is 4. The lowest BCUT2D eigenvalue weighted by Crippen LogP contribution is -2.43. The molecule has 0 radical (unpaired) electrons. The van der Waals surface area contributed by atoms with Gasteiger partial charge in [-0.2, -0.15) is 0 Å². The smallest absolute Gasteiger partial charge is 0.126 e. The normalized spacial score (nSPS) is 21.8. The van der Waals surface area contributed by atoms with Crippen LogP contribution in [0.3, 0.4) is 0 Å². The van der Waals surface area contributed by atoms with Crippen molar-refractivity contribution in [1.29, 1.82) is 0 Å². The van der Waals surface area contributed by atoms with Gasteiger partial charge in [0.25, 0.3) is 0 Å². The molecular formula is C14H21FN2O. The predicted octanol–water partition coefficient (Wildman–Crippen LogP) is 1.77. The van der Waals surface area contributed by atoms with Crippen LogP contribution in [0.2, 0.25) is 0 Å². The molecule has 0 bridgehead atoms. The molecule has 1 aliphatic heterocycles. The van der Waals surface area contributed by atoms with E-state index in [0.717, 1.165) is 31.7 Å². The summed E-state index contributed by atoms with van der Waals surface area (Å²) < 4.78 is 18.7. The third-order valence-electron chi connectivity index (χ3n) is 3.45. The molecule has 2 rings (SSSR count). The average Bonchev–Trinajstić information content (AvgIpc) is 2.40. The topological polar surface area (TPSA) is 33.3 Å². The standard InChI is InChI=1S/C14H21FN2O/c1-10-7-11(3-4-13(10)15)14(16-2)8-12-9-18-6-5-17-12/h3-4,7,12,14,16-17H,5-6,8-9H2,1-2H3. The van der Waals surface area contributed by atoms with Crippen molar-refractivity contribution < 1.29 is 9.13 Å². The zero-order valence-corrected chi connectivity index (χ0v) is 11.0. The van der Waals surface area contributed by atoms with Crippen LogP contribution in [-0.4, -0.2) is 32.8 Å². The second kappa shape index (κ2) is 6.27. The van der Waals surface area contributed by atoms with Gasteiger partial charge in [-0.25, -0.2) is 4.39 Å². The Bertz CT molecular complexity index is 391. The van der Waals surface area contributed by atoms with Crippen molar-refractivity contribution in [2.75, 3.05) is 26.8 Å². The number of benzene rings is 1. The highest BCUT2D eigenvalue weighted by atomic mass is 19.1. The molecule has 1 aliphatic rings. The van der Waals surface area contributed by atoms with Gasteiger partial charge in [-0.3, -0.25) is 0 Å². The average molecular weight is 252 g/mol. The van der Waals surface area contributed by atoms with Crippen LogP contribution in [0.4, 0.5) is 4.39 Å². The van der Waals surface area contributed by atoms with E-state index in [1.54, 1.807) is 13.0 Å². The first-order valence-electron chi connectivity index (χ1n) is 6.45. The van der Waals surface area contributed by atoms with Crippen molar-refractivity contribution >= 4 is 0 Å². The first kappa shape index (κ1) is 13.5. The molecule has 0 spiro atoms. The first-order valence-corrected chi connectivity index (χ1v) is 6.45. The first-order chi connectivity index (χ1) is 8.70. The van der Waals surface area contributed by atoms with E-state index in [1.807, 2.05) is 19.2 Å². The maximum absolute atomic E-state index is 13.3. The van der Waals surface area contributed by atoms with Gasteiger partial charge in [-0.1, -0.05) is 12.1 Å². The van der Waals surface area contributed by atoms with Gasteiger partial charge < -0.3 is 15.4 Å². The van der Waals surface area contributed by atoms with Crippen LogP contribution in [0.25, 0.3) is 0 Å². The van der Waals surface area contributed by atoms with E-state index in [2.05, 4.69) is 10.6 Å². The van der Waals surface area contributed by atoms with E-state index in [-0.39, 0.29) is 11.9 Å². The van der Waals surface area contributed by atoms with Gasteiger partial charge in [0, 0.05) is 18.6 Å². The summed E-state index contributed by atoms with van der Waals surface area (Å²) >= 11 is 0. The number of hydrogen-bond acceptors (Lipinski definition) is 3. The summed E-state index contributed by atoms with van der Waals surface area (Å²) in [7, 11) is 1.94. The van der Waals surface area contributed by atoms with Crippen molar-refractivity contribution in [3.05, 3.63) is 35.1 Å². The minimum absolute atomic E-state index is 0.146. The maximum Gasteiger partial charge on any atom is 0.126 e. The number of nitrogens with one attached hydrogen (secondary N) is 2. The summed E-state index contributed by atoms with van der Waals surface area (Å²) in [4.78, 5) is 0. The molecule has 2 atom stereocenters. The molecule has 3 nitrogen and oxygen atoms in total. The van der Waals surface area contributed by atoms with Gasteiger partial charge in [0.2, 0.25) is 0 Å². The molecule has 2 unspecified atom stereocenters. The number of halogens is 1. The van der Waals surface area contributed by atoms with Crippen molar-refractivity contribution in [1.82, 2.24) is 10.6 Å². The van der Waals surface area contributed by atoms with Gasteiger partial charge in [0.15, 0.2) is 0 Å². The molecule has 1 aromatic carbocycles. The van der Waals surface area contributed by atoms with Crippen LogP contribution in [0, 0.1) is 12.7 Å². The molecule has 0 saturated carbocycles. The second-order valence-corrected chi connectivity index (χ2v) is 4.81. The molecule has 0 aliphatic carbocycles.